The highest BCUT2D eigenvalue weighted by Crippen LogP contribution is 2.26. The van der Waals surface area contributed by atoms with Gasteiger partial charge in [-0.1, -0.05) is 63.6 Å². The highest BCUT2D eigenvalue weighted by atomic mass is 16.5. The van der Waals surface area contributed by atoms with E-state index in [1.165, 1.54) is 0 Å². The number of unbranched alkanes of at least 4 members (excludes halogenated alkanes) is 2. The van der Waals surface area contributed by atoms with Crippen LogP contribution in [0.2, 0.25) is 0 Å². The molecule has 33 heavy (non-hydrogen) atoms. The Labute approximate surface area is 196 Å². The molecule has 0 bridgehead atoms. The van der Waals surface area contributed by atoms with Crippen LogP contribution in [0.1, 0.15) is 53.4 Å². The lowest BCUT2D eigenvalue weighted by Gasteiger charge is -2.25. The van der Waals surface area contributed by atoms with Gasteiger partial charge in [-0.2, -0.15) is 0 Å². The number of para-hydroxylation sites is 1. The summed E-state index contributed by atoms with van der Waals surface area (Å²) in [5, 5.41) is 8.70. The molecule has 3 rings (SSSR count). The van der Waals surface area contributed by atoms with Gasteiger partial charge in [0.2, 0.25) is 0 Å². The molecular weight excluding hydrogens is 414 g/mol. The third-order valence-electron chi connectivity index (χ3n) is 5.57. The van der Waals surface area contributed by atoms with Gasteiger partial charge in [-0.15, -0.1) is 0 Å². The van der Waals surface area contributed by atoms with Gasteiger partial charge in [0.05, 0.1) is 5.52 Å². The Morgan fingerprint density at radius 1 is 1.09 bits per heavy atom. The maximum atomic E-state index is 13.3. The molecule has 1 N–H and O–H groups in total. The number of pyridine rings is 1. The molecule has 2 aromatic carbocycles. The van der Waals surface area contributed by atoms with Crippen LogP contribution in [0.5, 0.6) is 5.75 Å². The number of nitrogens with zero attached hydrogens (tertiary/aromatic N) is 1. The largest absolute Gasteiger partial charge is 0.488 e. The first-order chi connectivity index (χ1) is 15.7. The zero-order chi connectivity index (χ0) is 24.4. The number of carboxylic acids is 1. The third-order valence-corrected chi connectivity index (χ3v) is 5.57. The SMILES string of the molecule is C=CC(=O)O.CCCCCn1c(=O)c(-c2ccc(OC(C)(C)CC)cc2)cc2ccccc21. The molecule has 176 valence electrons. The number of carboxylic acid groups (broad SMARTS) is 1. The van der Waals surface area contributed by atoms with Crippen molar-refractivity contribution in [3.05, 3.63) is 77.6 Å². The van der Waals surface area contributed by atoms with E-state index in [-0.39, 0.29) is 11.2 Å². The number of hydrogen-bond acceptors (Lipinski definition) is 3. The van der Waals surface area contributed by atoms with Crippen molar-refractivity contribution in [2.24, 2.45) is 0 Å². The molecule has 0 aliphatic heterocycles. The molecule has 0 atom stereocenters. The number of ether oxygens (including phenoxy) is 1. The van der Waals surface area contributed by atoms with Gasteiger partial charge in [-0.3, -0.25) is 4.79 Å². The van der Waals surface area contributed by atoms with E-state index in [1.807, 2.05) is 53.1 Å². The van der Waals surface area contributed by atoms with Crippen molar-refractivity contribution in [2.45, 2.75) is 65.5 Å². The minimum atomic E-state index is -0.981. The molecule has 1 aromatic heterocycles. The normalized spacial score (nSPS) is 10.9. The molecule has 0 aliphatic rings. The van der Waals surface area contributed by atoms with Crippen molar-refractivity contribution in [1.29, 1.82) is 0 Å². The Bertz CT molecular complexity index is 1130. The monoisotopic (exact) mass is 449 g/mol. The summed E-state index contributed by atoms with van der Waals surface area (Å²) in [5.41, 5.74) is 2.57. The number of hydrogen-bond donors (Lipinski definition) is 1. The van der Waals surface area contributed by atoms with Gasteiger partial charge < -0.3 is 14.4 Å². The molecule has 0 fully saturated rings. The summed E-state index contributed by atoms with van der Waals surface area (Å²) in [7, 11) is 0. The van der Waals surface area contributed by atoms with E-state index in [1.54, 1.807) is 0 Å². The Morgan fingerprint density at radius 2 is 1.73 bits per heavy atom. The minimum Gasteiger partial charge on any atom is -0.488 e. The number of aliphatic carboxylic acids is 1. The van der Waals surface area contributed by atoms with Crippen molar-refractivity contribution in [2.75, 3.05) is 0 Å². The van der Waals surface area contributed by atoms with Crippen molar-refractivity contribution >= 4 is 16.9 Å². The standard InChI is InChI=1S/C25H31NO2.C3H4O2/c1-5-7-10-17-26-23-12-9-8-11-20(23)18-22(24(26)27)19-13-15-21(16-14-19)28-25(3,4)6-2;1-2-3(4)5/h8-9,11-16,18H,5-7,10,17H2,1-4H3;2H,1H2,(H,4,5). The summed E-state index contributed by atoms with van der Waals surface area (Å²) in [6, 6.07) is 18.1. The predicted molar refractivity (Wildman–Crippen MR) is 136 cm³/mol. The number of aryl methyl sites for hydroxylation is 1. The summed E-state index contributed by atoms with van der Waals surface area (Å²) >= 11 is 0. The number of carbonyl (C=O) groups is 1. The summed E-state index contributed by atoms with van der Waals surface area (Å²) in [5.74, 6) is -0.148. The first kappa shape index (κ1) is 25.9. The van der Waals surface area contributed by atoms with Gasteiger partial charge in [0.15, 0.2) is 0 Å². The summed E-state index contributed by atoms with van der Waals surface area (Å²) in [4.78, 5) is 22.5. The van der Waals surface area contributed by atoms with Gasteiger partial charge in [0.25, 0.3) is 5.56 Å². The quantitative estimate of drug-likeness (QED) is 0.292. The topological polar surface area (TPSA) is 68.5 Å². The Hall–Kier alpha value is -3.34. The van der Waals surface area contributed by atoms with E-state index in [4.69, 9.17) is 9.84 Å². The molecule has 1 heterocycles. The zero-order valence-corrected chi connectivity index (χ0v) is 20.1. The average molecular weight is 450 g/mol. The molecule has 0 aliphatic carbocycles. The molecule has 0 amide bonds. The second kappa shape index (κ2) is 12.0. The fourth-order valence-corrected chi connectivity index (χ4v) is 3.37. The van der Waals surface area contributed by atoms with Crippen molar-refractivity contribution in [1.82, 2.24) is 4.57 Å². The molecule has 5 heteroatoms. The number of rotatable bonds is 9. The van der Waals surface area contributed by atoms with E-state index in [0.717, 1.165) is 66.1 Å². The Balaban J connectivity index is 0.000000696. The molecule has 0 unspecified atom stereocenters. The van der Waals surface area contributed by atoms with Crippen molar-refractivity contribution in [3.8, 4) is 16.9 Å². The van der Waals surface area contributed by atoms with Crippen LogP contribution >= 0.6 is 0 Å². The van der Waals surface area contributed by atoms with Crippen LogP contribution in [0.15, 0.2) is 72.0 Å². The molecule has 0 saturated carbocycles. The van der Waals surface area contributed by atoms with Crippen LogP contribution in [0, 0.1) is 0 Å². The van der Waals surface area contributed by atoms with E-state index < -0.39 is 5.97 Å². The second-order valence-electron chi connectivity index (χ2n) is 8.56. The first-order valence-electron chi connectivity index (χ1n) is 11.5. The molecule has 0 saturated heterocycles. The van der Waals surface area contributed by atoms with Gasteiger partial charge in [-0.05, 0) is 61.9 Å². The van der Waals surface area contributed by atoms with Crippen LogP contribution in [0.3, 0.4) is 0 Å². The lowest BCUT2D eigenvalue weighted by molar-refractivity contribution is -0.131. The minimum absolute atomic E-state index is 0.0809. The predicted octanol–water partition coefficient (Wildman–Crippen LogP) is 6.68. The maximum Gasteiger partial charge on any atom is 0.327 e. The van der Waals surface area contributed by atoms with Crippen LogP contribution in [-0.2, 0) is 11.3 Å². The molecule has 0 spiro atoms. The maximum absolute atomic E-state index is 13.3. The highest BCUT2D eigenvalue weighted by Gasteiger charge is 2.17. The smallest absolute Gasteiger partial charge is 0.327 e. The second-order valence-corrected chi connectivity index (χ2v) is 8.56. The van der Waals surface area contributed by atoms with E-state index in [2.05, 4.69) is 40.3 Å². The third kappa shape index (κ3) is 7.35. The van der Waals surface area contributed by atoms with Gasteiger partial charge in [-0.25, -0.2) is 4.79 Å². The number of benzene rings is 2. The summed E-state index contributed by atoms with van der Waals surface area (Å²) in [6.45, 7) is 12.2. The Kier molecular flexibility index (Phi) is 9.46. The fraction of sp³-hybridized carbons (Fsp3) is 0.357. The van der Waals surface area contributed by atoms with Crippen LogP contribution in [0.25, 0.3) is 22.0 Å². The molecular formula is C28H35NO4. The summed E-state index contributed by atoms with van der Waals surface area (Å²) in [6.07, 6.45) is 5.05. The van der Waals surface area contributed by atoms with Crippen molar-refractivity contribution < 1.29 is 14.6 Å². The highest BCUT2D eigenvalue weighted by molar-refractivity contribution is 5.84. The van der Waals surface area contributed by atoms with Crippen LogP contribution in [-0.4, -0.2) is 21.2 Å². The Morgan fingerprint density at radius 3 is 2.30 bits per heavy atom. The van der Waals surface area contributed by atoms with Gasteiger partial charge >= 0.3 is 5.97 Å². The summed E-state index contributed by atoms with van der Waals surface area (Å²) < 4.78 is 7.98. The molecule has 0 radical (unpaired) electrons. The number of fused-ring (bicyclic) bond motifs is 1. The van der Waals surface area contributed by atoms with Gasteiger partial charge in [0.1, 0.15) is 11.4 Å². The van der Waals surface area contributed by atoms with Crippen LogP contribution in [0.4, 0.5) is 0 Å². The fourth-order valence-electron chi connectivity index (χ4n) is 3.37. The van der Waals surface area contributed by atoms with E-state index in [9.17, 15) is 9.59 Å². The van der Waals surface area contributed by atoms with Crippen LogP contribution < -0.4 is 10.3 Å². The average Bonchev–Trinajstić information content (AvgIpc) is 2.81. The lowest BCUT2D eigenvalue weighted by Crippen LogP contribution is -2.26. The number of aromatic nitrogens is 1. The van der Waals surface area contributed by atoms with Gasteiger partial charge in [0, 0.05) is 18.2 Å². The zero-order valence-electron chi connectivity index (χ0n) is 20.1. The van der Waals surface area contributed by atoms with E-state index in [0.29, 0.717) is 0 Å². The van der Waals surface area contributed by atoms with Crippen molar-refractivity contribution in [3.63, 3.8) is 0 Å². The molecule has 5 nitrogen and oxygen atoms in total. The first-order valence-corrected chi connectivity index (χ1v) is 11.5. The van der Waals surface area contributed by atoms with E-state index >= 15 is 0 Å². The lowest BCUT2D eigenvalue weighted by atomic mass is 10.0. The molecule has 3 aromatic rings.